The van der Waals surface area contributed by atoms with Crippen LogP contribution in [0, 0.1) is 13.8 Å². The predicted octanol–water partition coefficient (Wildman–Crippen LogP) is 3.81. The molecule has 0 bridgehead atoms. The fraction of sp³-hybridized carbons (Fsp3) is 0.316. The minimum absolute atomic E-state index is 0.0988. The summed E-state index contributed by atoms with van der Waals surface area (Å²) in [4.78, 5) is 12.6. The molecule has 2 aromatic carbocycles. The zero-order valence-corrected chi connectivity index (χ0v) is 14.3. The highest BCUT2D eigenvalue weighted by Crippen LogP contribution is 2.31. The highest BCUT2D eigenvalue weighted by atomic mass is 16.5. The van der Waals surface area contributed by atoms with E-state index in [-0.39, 0.29) is 11.9 Å². The van der Waals surface area contributed by atoms with Crippen LogP contribution in [0.3, 0.4) is 0 Å². The average molecular weight is 313 g/mol. The molecule has 1 N–H and O–H groups in total. The molecular weight excluding hydrogens is 290 g/mol. The second-order valence-corrected chi connectivity index (χ2v) is 5.60. The number of methoxy groups -OCH3 is 2. The summed E-state index contributed by atoms with van der Waals surface area (Å²) < 4.78 is 10.6. The molecule has 0 saturated heterocycles. The fourth-order valence-electron chi connectivity index (χ4n) is 2.64. The highest BCUT2D eigenvalue weighted by Gasteiger charge is 2.19. The molecule has 122 valence electrons. The lowest BCUT2D eigenvalue weighted by Crippen LogP contribution is -2.27. The van der Waals surface area contributed by atoms with Crippen molar-refractivity contribution in [3.63, 3.8) is 0 Å². The van der Waals surface area contributed by atoms with E-state index in [1.807, 2.05) is 20.8 Å². The normalized spacial score (nSPS) is 11.7. The zero-order chi connectivity index (χ0) is 17.0. The molecular formula is C19H23NO3. The SMILES string of the molecule is COc1cccc(C(=O)N[C@@H](C)c2cc(C)ccc2C)c1OC. The van der Waals surface area contributed by atoms with Crippen molar-refractivity contribution in [1.82, 2.24) is 5.32 Å². The van der Waals surface area contributed by atoms with Gasteiger partial charge in [-0.2, -0.15) is 0 Å². The van der Waals surface area contributed by atoms with E-state index in [4.69, 9.17) is 9.47 Å². The van der Waals surface area contributed by atoms with Crippen molar-refractivity contribution >= 4 is 5.91 Å². The lowest BCUT2D eigenvalue weighted by atomic mass is 9.99. The molecule has 0 radical (unpaired) electrons. The van der Waals surface area contributed by atoms with Crippen LogP contribution in [0.5, 0.6) is 11.5 Å². The molecule has 0 heterocycles. The lowest BCUT2D eigenvalue weighted by Gasteiger charge is -2.19. The molecule has 0 aliphatic carbocycles. The van der Waals surface area contributed by atoms with Crippen molar-refractivity contribution in [3.05, 3.63) is 58.7 Å². The summed E-state index contributed by atoms with van der Waals surface area (Å²) >= 11 is 0. The number of hydrogen-bond donors (Lipinski definition) is 1. The summed E-state index contributed by atoms with van der Waals surface area (Å²) in [6, 6.07) is 11.4. The van der Waals surface area contributed by atoms with Gasteiger partial charge in [0.1, 0.15) is 0 Å². The summed E-state index contributed by atoms with van der Waals surface area (Å²) in [7, 11) is 3.08. The van der Waals surface area contributed by atoms with Crippen molar-refractivity contribution in [1.29, 1.82) is 0 Å². The van der Waals surface area contributed by atoms with Crippen LogP contribution in [0.15, 0.2) is 36.4 Å². The van der Waals surface area contributed by atoms with Crippen LogP contribution in [-0.4, -0.2) is 20.1 Å². The number of rotatable bonds is 5. The van der Waals surface area contributed by atoms with Crippen LogP contribution in [0.1, 0.15) is 40.0 Å². The lowest BCUT2D eigenvalue weighted by molar-refractivity contribution is 0.0936. The van der Waals surface area contributed by atoms with Gasteiger partial charge in [-0.25, -0.2) is 0 Å². The molecule has 23 heavy (non-hydrogen) atoms. The smallest absolute Gasteiger partial charge is 0.255 e. The van der Waals surface area contributed by atoms with Crippen molar-refractivity contribution < 1.29 is 14.3 Å². The van der Waals surface area contributed by atoms with Gasteiger partial charge in [0.25, 0.3) is 5.91 Å². The summed E-state index contributed by atoms with van der Waals surface area (Å²) in [6.07, 6.45) is 0. The second-order valence-electron chi connectivity index (χ2n) is 5.60. The van der Waals surface area contributed by atoms with Gasteiger partial charge in [0.05, 0.1) is 25.8 Å². The third kappa shape index (κ3) is 3.65. The number of carbonyl (C=O) groups excluding carboxylic acids is 1. The molecule has 0 unspecified atom stereocenters. The number of amides is 1. The quantitative estimate of drug-likeness (QED) is 0.913. The van der Waals surface area contributed by atoms with Gasteiger partial charge >= 0.3 is 0 Å². The Morgan fingerprint density at radius 3 is 2.48 bits per heavy atom. The van der Waals surface area contributed by atoms with Crippen molar-refractivity contribution in [3.8, 4) is 11.5 Å². The van der Waals surface area contributed by atoms with Gasteiger partial charge < -0.3 is 14.8 Å². The van der Waals surface area contributed by atoms with Gasteiger partial charge in [0.15, 0.2) is 11.5 Å². The molecule has 2 rings (SSSR count). The van der Waals surface area contributed by atoms with Crippen molar-refractivity contribution in [2.24, 2.45) is 0 Å². The molecule has 1 atom stereocenters. The maximum absolute atomic E-state index is 12.6. The van der Waals surface area contributed by atoms with Gasteiger partial charge in [0.2, 0.25) is 0 Å². The zero-order valence-electron chi connectivity index (χ0n) is 14.3. The third-order valence-corrected chi connectivity index (χ3v) is 3.90. The first kappa shape index (κ1) is 16.9. The average Bonchev–Trinajstić information content (AvgIpc) is 2.55. The standard InChI is InChI=1S/C19H23NO3/c1-12-9-10-13(2)16(11-12)14(3)20-19(21)15-7-6-8-17(22-4)18(15)23-5/h6-11,14H,1-5H3,(H,20,21)/t14-/m0/s1. The summed E-state index contributed by atoms with van der Waals surface area (Å²) in [5.41, 5.74) is 3.90. The van der Waals surface area contributed by atoms with E-state index in [1.54, 1.807) is 25.3 Å². The van der Waals surface area contributed by atoms with E-state index in [0.29, 0.717) is 17.1 Å². The Morgan fingerprint density at radius 1 is 1.09 bits per heavy atom. The Kier molecular flexibility index (Phi) is 5.27. The first-order valence-electron chi connectivity index (χ1n) is 7.57. The highest BCUT2D eigenvalue weighted by molar-refractivity contribution is 5.98. The van der Waals surface area contributed by atoms with E-state index in [0.717, 1.165) is 11.1 Å². The van der Waals surface area contributed by atoms with E-state index < -0.39 is 0 Å². The Morgan fingerprint density at radius 2 is 1.83 bits per heavy atom. The van der Waals surface area contributed by atoms with Gasteiger partial charge in [-0.3, -0.25) is 4.79 Å². The number of ether oxygens (including phenoxy) is 2. The maximum Gasteiger partial charge on any atom is 0.255 e. The number of para-hydroxylation sites is 1. The number of carbonyl (C=O) groups is 1. The van der Waals surface area contributed by atoms with Crippen LogP contribution < -0.4 is 14.8 Å². The van der Waals surface area contributed by atoms with Gasteiger partial charge in [0, 0.05) is 0 Å². The second kappa shape index (κ2) is 7.18. The number of aryl methyl sites for hydroxylation is 2. The van der Waals surface area contributed by atoms with E-state index in [9.17, 15) is 4.79 Å². The van der Waals surface area contributed by atoms with Crippen LogP contribution in [0.4, 0.5) is 0 Å². The van der Waals surface area contributed by atoms with Crippen molar-refractivity contribution in [2.75, 3.05) is 14.2 Å². The van der Waals surface area contributed by atoms with Crippen LogP contribution in [-0.2, 0) is 0 Å². The molecule has 0 saturated carbocycles. The largest absolute Gasteiger partial charge is 0.493 e. The fourth-order valence-corrected chi connectivity index (χ4v) is 2.64. The number of hydrogen-bond acceptors (Lipinski definition) is 3. The van der Waals surface area contributed by atoms with Gasteiger partial charge in [-0.1, -0.05) is 29.8 Å². The van der Waals surface area contributed by atoms with Crippen LogP contribution in [0.2, 0.25) is 0 Å². The summed E-state index contributed by atoms with van der Waals surface area (Å²) in [6.45, 7) is 6.07. The predicted molar refractivity (Wildman–Crippen MR) is 91.3 cm³/mol. The first-order valence-corrected chi connectivity index (χ1v) is 7.57. The molecule has 1 amide bonds. The summed E-state index contributed by atoms with van der Waals surface area (Å²) in [5.74, 6) is 0.800. The Bertz CT molecular complexity index is 710. The number of nitrogens with one attached hydrogen (secondary N) is 1. The van der Waals surface area contributed by atoms with Gasteiger partial charge in [-0.05, 0) is 44.0 Å². The Hall–Kier alpha value is -2.49. The number of benzene rings is 2. The van der Waals surface area contributed by atoms with Gasteiger partial charge in [-0.15, -0.1) is 0 Å². The molecule has 0 aliphatic rings. The molecule has 0 fully saturated rings. The van der Waals surface area contributed by atoms with E-state index in [1.165, 1.54) is 12.7 Å². The first-order chi connectivity index (χ1) is 11.0. The molecule has 4 heteroatoms. The molecule has 0 aliphatic heterocycles. The summed E-state index contributed by atoms with van der Waals surface area (Å²) in [5, 5.41) is 3.03. The Balaban J connectivity index is 2.27. The van der Waals surface area contributed by atoms with E-state index in [2.05, 4.69) is 23.5 Å². The molecule has 0 spiro atoms. The minimum Gasteiger partial charge on any atom is -0.493 e. The third-order valence-electron chi connectivity index (χ3n) is 3.90. The van der Waals surface area contributed by atoms with Crippen LogP contribution in [0.25, 0.3) is 0 Å². The minimum atomic E-state index is -0.186. The topological polar surface area (TPSA) is 47.6 Å². The van der Waals surface area contributed by atoms with Crippen molar-refractivity contribution in [2.45, 2.75) is 26.8 Å². The van der Waals surface area contributed by atoms with Crippen LogP contribution >= 0.6 is 0 Å². The Labute approximate surface area is 137 Å². The molecule has 2 aromatic rings. The van der Waals surface area contributed by atoms with E-state index >= 15 is 0 Å². The molecule has 0 aromatic heterocycles. The molecule has 4 nitrogen and oxygen atoms in total. The monoisotopic (exact) mass is 313 g/mol. The maximum atomic E-state index is 12.6.